The molecule has 0 aliphatic carbocycles. The van der Waals surface area contributed by atoms with Crippen LogP contribution in [0.25, 0.3) is 0 Å². The van der Waals surface area contributed by atoms with E-state index in [4.69, 9.17) is 24.8 Å². The van der Waals surface area contributed by atoms with E-state index in [-0.39, 0.29) is 0 Å². The molecule has 0 fully saturated rings. The van der Waals surface area contributed by atoms with Gasteiger partial charge >= 0.3 is 14.2 Å². The first-order valence-electron chi connectivity index (χ1n) is 6.38. The largest absolute Gasteiger partial charge is 0.497 e. The first kappa shape index (κ1) is 17.3. The van der Waals surface area contributed by atoms with Crippen molar-refractivity contribution >= 4 is 25.2 Å². The van der Waals surface area contributed by atoms with Gasteiger partial charge < -0.3 is 24.8 Å². The number of aryl methyl sites for hydroxylation is 1. The fraction of sp³-hybridized carbons (Fsp3) is 0.143. The molecule has 0 aromatic heterocycles. The zero-order valence-corrected chi connectivity index (χ0v) is 12.0. The van der Waals surface area contributed by atoms with Crippen molar-refractivity contribution in [3.63, 3.8) is 0 Å². The van der Waals surface area contributed by atoms with Crippen molar-refractivity contribution < 1.29 is 24.8 Å². The lowest BCUT2D eigenvalue weighted by Gasteiger charge is -2.05. The molecule has 7 heteroatoms. The maximum atomic E-state index is 8.81. The van der Waals surface area contributed by atoms with Crippen LogP contribution in [0.2, 0.25) is 0 Å². The van der Waals surface area contributed by atoms with Gasteiger partial charge in [-0.05, 0) is 18.5 Å². The summed E-state index contributed by atoms with van der Waals surface area (Å²) in [4.78, 5) is 0. The van der Waals surface area contributed by atoms with Gasteiger partial charge in [-0.25, -0.2) is 0 Å². The highest BCUT2D eigenvalue weighted by molar-refractivity contribution is 6.59. The highest BCUT2D eigenvalue weighted by Gasteiger charge is 2.15. The molecule has 110 valence electrons. The summed E-state index contributed by atoms with van der Waals surface area (Å²) in [7, 11) is -1.33. The third-order valence-electron chi connectivity index (χ3n) is 2.88. The van der Waals surface area contributed by atoms with Gasteiger partial charge in [0, 0.05) is 5.46 Å². The molecule has 0 saturated carbocycles. The number of rotatable bonds is 3. The van der Waals surface area contributed by atoms with Crippen molar-refractivity contribution in [2.45, 2.75) is 6.92 Å². The van der Waals surface area contributed by atoms with Crippen LogP contribution < -0.4 is 15.7 Å². The minimum Gasteiger partial charge on any atom is -0.497 e. The van der Waals surface area contributed by atoms with E-state index in [1.165, 1.54) is 7.11 Å². The second kappa shape index (κ2) is 8.49. The van der Waals surface area contributed by atoms with Crippen LogP contribution >= 0.6 is 0 Å². The lowest BCUT2D eigenvalue weighted by Crippen LogP contribution is -2.31. The number of ether oxygens (including phenoxy) is 1. The van der Waals surface area contributed by atoms with Gasteiger partial charge in [-0.3, -0.25) is 0 Å². The van der Waals surface area contributed by atoms with Crippen LogP contribution in [0.1, 0.15) is 5.56 Å². The highest BCUT2D eigenvalue weighted by Crippen LogP contribution is 2.04. The van der Waals surface area contributed by atoms with E-state index in [1.54, 1.807) is 36.4 Å². The molecule has 21 heavy (non-hydrogen) atoms. The fourth-order valence-corrected chi connectivity index (χ4v) is 1.76. The Hall–Kier alpha value is -1.79. The maximum absolute atomic E-state index is 8.81. The van der Waals surface area contributed by atoms with Gasteiger partial charge in [0.2, 0.25) is 0 Å². The summed E-state index contributed by atoms with van der Waals surface area (Å²) in [6.45, 7) is 1.84. The second-order valence-corrected chi connectivity index (χ2v) is 4.35. The number of hydrogen-bond acceptors (Lipinski definition) is 5. The molecule has 0 bridgehead atoms. The molecule has 0 atom stereocenters. The normalized spacial score (nSPS) is 9.43. The molecule has 2 aromatic carbocycles. The standard InChI is InChI=1S/C7H9BO3.C7H9BO2/c1-11-7-5-3-2-4-6(7)8(9)10;1-6-4-2-3-5-7(6)8(9)10/h2-5,9-10H,1H3;2-5,9-10H,1H3. The molecule has 0 radical (unpaired) electrons. The minimum absolute atomic E-state index is 0.384. The Morgan fingerprint density at radius 1 is 0.762 bits per heavy atom. The second-order valence-electron chi connectivity index (χ2n) is 4.35. The number of para-hydroxylation sites is 1. The van der Waals surface area contributed by atoms with Crippen molar-refractivity contribution in [3.05, 3.63) is 54.1 Å². The Labute approximate surface area is 124 Å². The molecule has 0 aliphatic rings. The molecule has 5 nitrogen and oxygen atoms in total. The molecule has 0 spiro atoms. The summed E-state index contributed by atoms with van der Waals surface area (Å²) in [5, 5.41) is 35.1. The fourth-order valence-electron chi connectivity index (χ4n) is 1.76. The predicted octanol–water partition coefficient (Wildman–Crippen LogP) is -0.950. The molecule has 2 aromatic rings. The molecule has 2 rings (SSSR count). The van der Waals surface area contributed by atoms with E-state index in [0.29, 0.717) is 16.7 Å². The molecular weight excluding hydrogens is 270 g/mol. The van der Waals surface area contributed by atoms with Crippen molar-refractivity contribution in [2.24, 2.45) is 0 Å². The predicted molar refractivity (Wildman–Crippen MR) is 83.8 cm³/mol. The summed E-state index contributed by atoms with van der Waals surface area (Å²) in [5.74, 6) is 0.488. The van der Waals surface area contributed by atoms with Crippen molar-refractivity contribution in [2.75, 3.05) is 7.11 Å². The Kier molecular flexibility index (Phi) is 6.98. The molecule has 0 amide bonds. The zero-order chi connectivity index (χ0) is 15.8. The van der Waals surface area contributed by atoms with Crippen LogP contribution in [0.4, 0.5) is 0 Å². The van der Waals surface area contributed by atoms with E-state index in [9.17, 15) is 0 Å². The van der Waals surface area contributed by atoms with Crippen molar-refractivity contribution in [1.82, 2.24) is 0 Å². The van der Waals surface area contributed by atoms with E-state index < -0.39 is 14.2 Å². The van der Waals surface area contributed by atoms with Gasteiger partial charge in [-0.2, -0.15) is 0 Å². The monoisotopic (exact) mass is 288 g/mol. The average Bonchev–Trinajstić information content (AvgIpc) is 2.48. The Balaban J connectivity index is 0.000000211. The summed E-state index contributed by atoms with van der Waals surface area (Å²) in [6.07, 6.45) is 0. The van der Waals surface area contributed by atoms with E-state index in [0.717, 1.165) is 5.56 Å². The van der Waals surface area contributed by atoms with E-state index in [1.807, 2.05) is 19.1 Å². The average molecular weight is 288 g/mol. The van der Waals surface area contributed by atoms with E-state index in [2.05, 4.69) is 0 Å². The summed E-state index contributed by atoms with van der Waals surface area (Å²) >= 11 is 0. The van der Waals surface area contributed by atoms with Gasteiger partial charge in [-0.1, -0.05) is 48.0 Å². The van der Waals surface area contributed by atoms with Gasteiger partial charge in [0.25, 0.3) is 0 Å². The quantitative estimate of drug-likeness (QED) is 0.547. The van der Waals surface area contributed by atoms with Crippen LogP contribution in [-0.2, 0) is 0 Å². The SMILES string of the molecule is COc1ccccc1B(O)O.Cc1ccccc1B(O)O. The molecular formula is C14H18B2O5. The Morgan fingerprint density at radius 2 is 1.24 bits per heavy atom. The molecule has 0 aliphatic heterocycles. The molecule has 0 unspecified atom stereocenters. The Morgan fingerprint density at radius 3 is 1.62 bits per heavy atom. The zero-order valence-electron chi connectivity index (χ0n) is 12.0. The molecule has 0 heterocycles. The van der Waals surface area contributed by atoms with Gasteiger partial charge in [-0.15, -0.1) is 0 Å². The first-order valence-corrected chi connectivity index (χ1v) is 6.38. The van der Waals surface area contributed by atoms with Crippen molar-refractivity contribution in [1.29, 1.82) is 0 Å². The summed E-state index contributed by atoms with van der Waals surface area (Å²) in [6, 6.07) is 13.9. The third-order valence-corrected chi connectivity index (χ3v) is 2.88. The first-order chi connectivity index (χ1) is 9.97. The molecule has 0 saturated heterocycles. The van der Waals surface area contributed by atoms with Crippen LogP contribution in [0.5, 0.6) is 5.75 Å². The summed E-state index contributed by atoms with van der Waals surface area (Å²) < 4.78 is 4.89. The number of methoxy groups -OCH3 is 1. The van der Waals surface area contributed by atoms with E-state index >= 15 is 0 Å². The number of benzene rings is 2. The van der Waals surface area contributed by atoms with Gasteiger partial charge in [0.1, 0.15) is 5.75 Å². The topological polar surface area (TPSA) is 90.2 Å². The lowest BCUT2D eigenvalue weighted by molar-refractivity contribution is 0.403. The minimum atomic E-state index is -1.47. The highest BCUT2D eigenvalue weighted by atomic mass is 16.5. The van der Waals surface area contributed by atoms with Crippen LogP contribution in [0.3, 0.4) is 0 Å². The third kappa shape index (κ3) is 5.24. The van der Waals surface area contributed by atoms with Crippen LogP contribution in [0, 0.1) is 6.92 Å². The smallest absolute Gasteiger partial charge is 0.492 e. The Bertz CT molecular complexity index is 561. The summed E-state index contributed by atoms with van der Waals surface area (Å²) in [5.41, 5.74) is 1.86. The van der Waals surface area contributed by atoms with Crippen LogP contribution in [-0.4, -0.2) is 41.4 Å². The molecule has 4 N–H and O–H groups in total. The lowest BCUT2D eigenvalue weighted by atomic mass is 9.77. The van der Waals surface area contributed by atoms with Gasteiger partial charge in [0.15, 0.2) is 0 Å². The number of hydrogen-bond donors (Lipinski definition) is 4. The van der Waals surface area contributed by atoms with Crippen molar-refractivity contribution in [3.8, 4) is 5.75 Å². The van der Waals surface area contributed by atoms with Crippen LogP contribution in [0.15, 0.2) is 48.5 Å². The van der Waals surface area contributed by atoms with Gasteiger partial charge in [0.05, 0.1) is 7.11 Å². The maximum Gasteiger partial charge on any atom is 0.492 e.